The number of halogens is 2. The molecule has 0 saturated heterocycles. The minimum Gasteiger partial charge on any atom is -0.506 e. The van der Waals surface area contributed by atoms with E-state index < -0.39 is 0 Å². The van der Waals surface area contributed by atoms with Crippen LogP contribution in [0.5, 0.6) is 5.75 Å². The molecule has 0 aliphatic rings. The largest absolute Gasteiger partial charge is 0.506 e. The van der Waals surface area contributed by atoms with Crippen molar-refractivity contribution < 1.29 is 9.90 Å². The normalized spacial score (nSPS) is 10.7. The zero-order valence-corrected chi connectivity index (χ0v) is 13.5. The number of carbonyl (C=O) groups excluding carboxylic acids is 1. The summed E-state index contributed by atoms with van der Waals surface area (Å²) < 4.78 is 0. The Kier molecular flexibility index (Phi) is 4.42. The molecule has 23 heavy (non-hydrogen) atoms. The Morgan fingerprint density at radius 1 is 1.00 bits per heavy atom. The molecule has 1 amide bonds. The molecule has 0 aliphatic carbocycles. The first-order valence-corrected chi connectivity index (χ1v) is 7.74. The third-order valence-corrected chi connectivity index (χ3v) is 4.26. The molecule has 0 aliphatic heterocycles. The van der Waals surface area contributed by atoms with Gasteiger partial charge in [-0.1, -0.05) is 59.6 Å². The van der Waals surface area contributed by atoms with Crippen molar-refractivity contribution in [3.05, 3.63) is 70.2 Å². The third kappa shape index (κ3) is 3.41. The molecule has 0 atom stereocenters. The van der Waals surface area contributed by atoms with E-state index in [-0.39, 0.29) is 18.1 Å². The van der Waals surface area contributed by atoms with Crippen molar-refractivity contribution >= 4 is 45.6 Å². The first-order valence-electron chi connectivity index (χ1n) is 6.99. The van der Waals surface area contributed by atoms with Crippen molar-refractivity contribution in [3.8, 4) is 5.75 Å². The summed E-state index contributed by atoms with van der Waals surface area (Å²) in [5, 5.41) is 15.4. The quantitative estimate of drug-likeness (QED) is 0.653. The van der Waals surface area contributed by atoms with Crippen LogP contribution in [0, 0.1) is 0 Å². The standard InChI is InChI=1S/C18H13Cl2NO2/c19-14-7-5-11(9-15(14)20)10-17(23)21-18-13-4-2-1-3-12(13)6-8-16(18)22/h1-9,22H,10H2,(H,21,23). The zero-order valence-electron chi connectivity index (χ0n) is 12.0. The van der Waals surface area contributed by atoms with Gasteiger partial charge in [0.1, 0.15) is 5.75 Å². The van der Waals surface area contributed by atoms with Gasteiger partial charge < -0.3 is 10.4 Å². The van der Waals surface area contributed by atoms with Gasteiger partial charge in [0.05, 0.1) is 22.2 Å². The summed E-state index contributed by atoms with van der Waals surface area (Å²) in [7, 11) is 0. The summed E-state index contributed by atoms with van der Waals surface area (Å²) in [6, 6.07) is 16.0. The number of phenols is 1. The number of fused-ring (bicyclic) bond motifs is 1. The second kappa shape index (κ2) is 6.49. The zero-order chi connectivity index (χ0) is 16.4. The first kappa shape index (κ1) is 15.7. The summed E-state index contributed by atoms with van der Waals surface area (Å²) in [5.74, 6) is -0.207. The van der Waals surface area contributed by atoms with Crippen LogP contribution < -0.4 is 5.32 Å². The van der Waals surface area contributed by atoms with Gasteiger partial charge in [-0.05, 0) is 29.1 Å². The summed E-state index contributed by atoms with van der Waals surface area (Å²) in [6.45, 7) is 0. The van der Waals surface area contributed by atoms with Gasteiger partial charge in [0.25, 0.3) is 0 Å². The maximum Gasteiger partial charge on any atom is 0.228 e. The van der Waals surface area contributed by atoms with Crippen LogP contribution in [0.3, 0.4) is 0 Å². The Morgan fingerprint density at radius 3 is 2.57 bits per heavy atom. The molecule has 0 radical (unpaired) electrons. The summed E-state index contributed by atoms with van der Waals surface area (Å²) in [4.78, 5) is 12.3. The molecular weight excluding hydrogens is 333 g/mol. The molecule has 3 aromatic rings. The Balaban J connectivity index is 1.85. The molecule has 0 saturated carbocycles. The first-order chi connectivity index (χ1) is 11.0. The van der Waals surface area contributed by atoms with Gasteiger partial charge in [-0.25, -0.2) is 0 Å². The molecule has 3 aromatic carbocycles. The molecule has 0 fully saturated rings. The average Bonchev–Trinajstić information content (AvgIpc) is 2.54. The van der Waals surface area contributed by atoms with Gasteiger partial charge in [-0.15, -0.1) is 0 Å². The number of benzene rings is 3. The molecule has 0 unspecified atom stereocenters. The van der Waals surface area contributed by atoms with Gasteiger partial charge in [-0.2, -0.15) is 0 Å². The van der Waals surface area contributed by atoms with E-state index >= 15 is 0 Å². The van der Waals surface area contributed by atoms with Crippen molar-refractivity contribution in [1.82, 2.24) is 0 Å². The van der Waals surface area contributed by atoms with Crippen molar-refractivity contribution in [2.45, 2.75) is 6.42 Å². The number of phenolic OH excluding ortho intramolecular Hbond substituents is 1. The van der Waals surface area contributed by atoms with Crippen LogP contribution in [0.1, 0.15) is 5.56 Å². The Labute approximate surface area is 143 Å². The molecule has 116 valence electrons. The van der Waals surface area contributed by atoms with Gasteiger partial charge in [0, 0.05) is 5.39 Å². The predicted molar refractivity (Wildman–Crippen MR) is 94.4 cm³/mol. The molecule has 5 heteroatoms. The highest BCUT2D eigenvalue weighted by Gasteiger charge is 2.11. The fourth-order valence-corrected chi connectivity index (χ4v) is 2.73. The summed E-state index contributed by atoms with van der Waals surface area (Å²) >= 11 is 11.8. The molecule has 2 N–H and O–H groups in total. The van der Waals surface area contributed by atoms with Crippen LogP contribution in [0.25, 0.3) is 10.8 Å². The fourth-order valence-electron chi connectivity index (χ4n) is 2.41. The van der Waals surface area contributed by atoms with Crippen LogP contribution >= 0.6 is 23.2 Å². The van der Waals surface area contributed by atoms with Crippen LogP contribution in [0.15, 0.2) is 54.6 Å². The van der Waals surface area contributed by atoms with Gasteiger partial charge in [-0.3, -0.25) is 4.79 Å². The number of nitrogens with one attached hydrogen (secondary N) is 1. The van der Waals surface area contributed by atoms with Gasteiger partial charge in [0.15, 0.2) is 0 Å². The number of aromatic hydroxyl groups is 1. The highest BCUT2D eigenvalue weighted by molar-refractivity contribution is 6.42. The SMILES string of the molecule is O=C(Cc1ccc(Cl)c(Cl)c1)Nc1c(O)ccc2ccccc12. The van der Waals surface area contributed by atoms with E-state index in [4.69, 9.17) is 23.2 Å². The van der Waals surface area contributed by atoms with Crippen molar-refractivity contribution in [1.29, 1.82) is 0 Å². The van der Waals surface area contributed by atoms with E-state index in [0.29, 0.717) is 15.7 Å². The monoisotopic (exact) mass is 345 g/mol. The molecule has 0 spiro atoms. The minimum atomic E-state index is -0.241. The summed E-state index contributed by atoms with van der Waals surface area (Å²) in [6.07, 6.45) is 0.138. The van der Waals surface area contributed by atoms with Crippen LogP contribution in [-0.4, -0.2) is 11.0 Å². The topological polar surface area (TPSA) is 49.3 Å². The fraction of sp³-hybridized carbons (Fsp3) is 0.0556. The molecule has 0 bridgehead atoms. The van der Waals surface area contributed by atoms with E-state index in [1.54, 1.807) is 30.3 Å². The second-order valence-electron chi connectivity index (χ2n) is 5.15. The average molecular weight is 346 g/mol. The predicted octanol–water partition coefficient (Wildman–Crippen LogP) is 5.03. The van der Waals surface area contributed by atoms with E-state index in [1.165, 1.54) is 0 Å². The Morgan fingerprint density at radius 2 is 1.78 bits per heavy atom. The Hall–Kier alpha value is -2.23. The molecule has 3 nitrogen and oxygen atoms in total. The van der Waals surface area contributed by atoms with Gasteiger partial charge in [0.2, 0.25) is 5.91 Å². The molecule has 3 rings (SSSR count). The lowest BCUT2D eigenvalue weighted by Crippen LogP contribution is -2.14. The highest BCUT2D eigenvalue weighted by atomic mass is 35.5. The van der Waals surface area contributed by atoms with Crippen molar-refractivity contribution in [2.75, 3.05) is 5.32 Å². The number of hydrogen-bond donors (Lipinski definition) is 2. The minimum absolute atomic E-state index is 0.0335. The lowest BCUT2D eigenvalue weighted by atomic mass is 10.1. The molecule has 0 aromatic heterocycles. The number of amides is 1. The maximum absolute atomic E-state index is 12.3. The maximum atomic E-state index is 12.3. The van der Waals surface area contributed by atoms with Crippen LogP contribution in [0.2, 0.25) is 10.0 Å². The molecular formula is C18H13Cl2NO2. The van der Waals surface area contributed by atoms with Crippen LogP contribution in [0.4, 0.5) is 5.69 Å². The second-order valence-corrected chi connectivity index (χ2v) is 5.97. The lowest BCUT2D eigenvalue weighted by molar-refractivity contribution is -0.115. The number of anilines is 1. The summed E-state index contributed by atoms with van der Waals surface area (Å²) in [5.41, 5.74) is 1.16. The number of rotatable bonds is 3. The number of carbonyl (C=O) groups is 1. The highest BCUT2D eigenvalue weighted by Crippen LogP contribution is 2.32. The van der Waals surface area contributed by atoms with Crippen molar-refractivity contribution in [3.63, 3.8) is 0 Å². The van der Waals surface area contributed by atoms with Crippen molar-refractivity contribution in [2.24, 2.45) is 0 Å². The molecule has 0 heterocycles. The smallest absolute Gasteiger partial charge is 0.228 e. The van der Waals surface area contributed by atoms with E-state index in [1.807, 2.05) is 24.3 Å². The number of hydrogen-bond acceptors (Lipinski definition) is 2. The lowest BCUT2D eigenvalue weighted by Gasteiger charge is -2.11. The van der Waals surface area contributed by atoms with Gasteiger partial charge >= 0.3 is 0 Å². The van der Waals surface area contributed by atoms with E-state index in [0.717, 1.165) is 16.3 Å². The third-order valence-electron chi connectivity index (χ3n) is 3.52. The Bertz CT molecular complexity index is 893. The van der Waals surface area contributed by atoms with E-state index in [2.05, 4.69) is 5.32 Å². The van der Waals surface area contributed by atoms with E-state index in [9.17, 15) is 9.90 Å². The van der Waals surface area contributed by atoms with Crippen LogP contribution in [-0.2, 0) is 11.2 Å².